The summed E-state index contributed by atoms with van der Waals surface area (Å²) in [5.41, 5.74) is 5.31. The normalized spacial score (nSPS) is 21.5. The van der Waals surface area contributed by atoms with Gasteiger partial charge in [0.2, 0.25) is 11.8 Å². The third-order valence-electron chi connectivity index (χ3n) is 7.10. The minimum Gasteiger partial charge on any atom is -0.339 e. The summed E-state index contributed by atoms with van der Waals surface area (Å²) in [6, 6.07) is 11.9. The average Bonchev–Trinajstić information content (AvgIpc) is 3.42. The lowest BCUT2D eigenvalue weighted by molar-refractivity contribution is -0.139. The minimum absolute atomic E-state index is 0.0201. The monoisotopic (exact) mass is 472 g/mol. The van der Waals surface area contributed by atoms with E-state index in [0.717, 1.165) is 25.9 Å². The van der Waals surface area contributed by atoms with Crippen LogP contribution in [0.2, 0.25) is 0 Å². The van der Waals surface area contributed by atoms with Crippen molar-refractivity contribution in [2.24, 2.45) is 11.8 Å². The van der Waals surface area contributed by atoms with Crippen LogP contribution in [0, 0.1) is 18.8 Å². The summed E-state index contributed by atoms with van der Waals surface area (Å²) in [6.07, 6.45) is 6.97. The van der Waals surface area contributed by atoms with Crippen LogP contribution in [0.15, 0.2) is 54.6 Å². The van der Waals surface area contributed by atoms with Gasteiger partial charge in [-0.1, -0.05) is 24.3 Å². The molecule has 2 N–H and O–H groups in total. The Hall–Kier alpha value is -3.94. The second-order valence-electron chi connectivity index (χ2n) is 9.29. The lowest BCUT2D eigenvalue weighted by Gasteiger charge is -2.38. The lowest BCUT2D eigenvalue weighted by atomic mass is 9.80. The number of allylic oxidation sites excluding steroid dienone is 2. The zero-order valence-electron chi connectivity index (χ0n) is 19.6. The van der Waals surface area contributed by atoms with Crippen LogP contribution >= 0.6 is 0 Å². The first-order chi connectivity index (χ1) is 16.9. The molecule has 2 fully saturated rings. The van der Waals surface area contributed by atoms with E-state index in [2.05, 4.69) is 10.7 Å². The number of fused-ring (bicyclic) bond motifs is 1. The smallest absolute Gasteiger partial charge is 0.255 e. The van der Waals surface area contributed by atoms with Gasteiger partial charge in [-0.15, -0.1) is 0 Å². The van der Waals surface area contributed by atoms with Crippen LogP contribution in [0.3, 0.4) is 0 Å². The van der Waals surface area contributed by atoms with Crippen LogP contribution in [0.5, 0.6) is 0 Å². The van der Waals surface area contributed by atoms with Crippen molar-refractivity contribution in [3.8, 4) is 0 Å². The van der Waals surface area contributed by atoms with Gasteiger partial charge in [-0.2, -0.15) is 0 Å². The van der Waals surface area contributed by atoms with E-state index >= 15 is 0 Å². The Morgan fingerprint density at radius 3 is 2.46 bits per heavy atom. The Morgan fingerprint density at radius 2 is 1.69 bits per heavy atom. The van der Waals surface area contributed by atoms with E-state index in [1.54, 1.807) is 42.5 Å². The van der Waals surface area contributed by atoms with Crippen molar-refractivity contribution in [3.63, 3.8) is 0 Å². The van der Waals surface area contributed by atoms with Crippen molar-refractivity contribution < 1.29 is 19.2 Å². The van der Waals surface area contributed by atoms with Gasteiger partial charge < -0.3 is 10.2 Å². The van der Waals surface area contributed by atoms with E-state index in [4.69, 9.17) is 0 Å². The number of hydrogen-bond donors (Lipinski definition) is 2. The number of hydrazine groups is 1. The van der Waals surface area contributed by atoms with Gasteiger partial charge in [0.15, 0.2) is 0 Å². The van der Waals surface area contributed by atoms with Gasteiger partial charge in [-0.3, -0.25) is 24.6 Å². The second-order valence-corrected chi connectivity index (χ2v) is 9.29. The first kappa shape index (κ1) is 22.8. The number of amides is 4. The molecule has 180 valence electrons. The molecule has 3 aliphatic rings. The van der Waals surface area contributed by atoms with Crippen LogP contribution in [-0.2, 0) is 9.59 Å². The van der Waals surface area contributed by atoms with Crippen LogP contribution in [-0.4, -0.2) is 41.6 Å². The summed E-state index contributed by atoms with van der Waals surface area (Å²) >= 11 is 0. The van der Waals surface area contributed by atoms with E-state index in [9.17, 15) is 19.2 Å². The first-order valence-electron chi connectivity index (χ1n) is 12.0. The van der Waals surface area contributed by atoms with Gasteiger partial charge >= 0.3 is 0 Å². The topological polar surface area (TPSA) is 98.8 Å². The zero-order valence-corrected chi connectivity index (χ0v) is 19.6. The Morgan fingerprint density at radius 1 is 0.971 bits per heavy atom. The number of carbonyl (C=O) groups is 4. The number of hydrogen-bond acceptors (Lipinski definition) is 4. The standard InChI is InChI=1S/C27H28N4O4/c1-17-20(26(34)30-14-4-5-15-30)12-7-13-23(17)28-24(32)18-8-6-9-19(16-18)31-27(35)22-11-3-2-10-21(22)25(33)29-31/h2-3,6-9,12-13,16,21-22H,4-5,10-11,14-15H2,1H3,(H,28,32)(H,29,33). The van der Waals surface area contributed by atoms with Gasteiger partial charge in [0.1, 0.15) is 0 Å². The van der Waals surface area contributed by atoms with E-state index in [1.165, 1.54) is 5.01 Å². The Bertz CT molecular complexity index is 1230. The molecule has 4 amide bonds. The third kappa shape index (κ3) is 4.32. The van der Waals surface area contributed by atoms with Crippen LogP contribution in [0.25, 0.3) is 0 Å². The van der Waals surface area contributed by atoms with Gasteiger partial charge in [0.25, 0.3) is 11.8 Å². The molecule has 0 saturated carbocycles. The molecule has 2 atom stereocenters. The Balaban J connectivity index is 1.35. The summed E-state index contributed by atoms with van der Waals surface area (Å²) in [5.74, 6) is -1.51. The van der Waals surface area contributed by atoms with Crippen molar-refractivity contribution in [1.29, 1.82) is 0 Å². The highest BCUT2D eigenvalue weighted by atomic mass is 16.2. The van der Waals surface area contributed by atoms with Gasteiger partial charge in [0.05, 0.1) is 17.5 Å². The molecular weight excluding hydrogens is 444 g/mol. The predicted octanol–water partition coefficient (Wildman–Crippen LogP) is 3.44. The molecule has 2 heterocycles. The summed E-state index contributed by atoms with van der Waals surface area (Å²) in [6.45, 7) is 3.34. The largest absolute Gasteiger partial charge is 0.339 e. The SMILES string of the molecule is Cc1c(NC(=O)c2cccc(N3NC(=O)C4CC=CCC4C3=O)c2)cccc1C(=O)N1CCCC1. The fourth-order valence-electron chi connectivity index (χ4n) is 5.06. The number of anilines is 2. The summed E-state index contributed by atoms with van der Waals surface area (Å²) in [4.78, 5) is 53.5. The lowest BCUT2D eigenvalue weighted by Crippen LogP contribution is -2.59. The Labute approximate surface area is 203 Å². The van der Waals surface area contributed by atoms with E-state index < -0.39 is 5.92 Å². The maximum Gasteiger partial charge on any atom is 0.255 e. The molecule has 0 radical (unpaired) electrons. The van der Waals surface area contributed by atoms with E-state index in [-0.39, 0.29) is 29.5 Å². The molecule has 35 heavy (non-hydrogen) atoms. The number of nitrogens with one attached hydrogen (secondary N) is 2. The van der Waals surface area contributed by atoms with E-state index in [1.807, 2.05) is 24.0 Å². The van der Waals surface area contributed by atoms with Crippen LogP contribution < -0.4 is 15.8 Å². The molecule has 2 aromatic rings. The molecular formula is C27H28N4O4. The molecule has 0 spiro atoms. The molecule has 2 saturated heterocycles. The summed E-state index contributed by atoms with van der Waals surface area (Å²) in [7, 11) is 0. The summed E-state index contributed by atoms with van der Waals surface area (Å²) in [5, 5.41) is 4.15. The average molecular weight is 473 g/mol. The van der Waals surface area contributed by atoms with Crippen molar-refractivity contribution >= 4 is 35.0 Å². The predicted molar refractivity (Wildman–Crippen MR) is 132 cm³/mol. The molecule has 5 rings (SSSR count). The molecule has 2 unspecified atom stereocenters. The van der Waals surface area contributed by atoms with Crippen molar-refractivity contribution in [3.05, 3.63) is 71.3 Å². The number of nitrogens with zero attached hydrogens (tertiary/aromatic N) is 2. The fourth-order valence-corrected chi connectivity index (χ4v) is 5.06. The van der Waals surface area contributed by atoms with Gasteiger partial charge in [-0.25, -0.2) is 5.01 Å². The van der Waals surface area contributed by atoms with Gasteiger partial charge in [-0.05, 0) is 68.5 Å². The first-order valence-corrected chi connectivity index (χ1v) is 12.0. The quantitative estimate of drug-likeness (QED) is 0.666. The second kappa shape index (κ2) is 9.37. The number of likely N-dealkylation sites (tertiary alicyclic amines) is 1. The number of rotatable bonds is 4. The fraction of sp³-hybridized carbons (Fsp3) is 0.333. The molecule has 8 heteroatoms. The van der Waals surface area contributed by atoms with E-state index in [0.29, 0.717) is 40.9 Å². The van der Waals surface area contributed by atoms with Crippen molar-refractivity contribution in [1.82, 2.24) is 10.3 Å². The molecule has 1 aliphatic carbocycles. The summed E-state index contributed by atoms with van der Waals surface area (Å²) < 4.78 is 0. The Kier molecular flexibility index (Phi) is 6.11. The minimum atomic E-state index is -0.398. The molecule has 0 bridgehead atoms. The van der Waals surface area contributed by atoms with Crippen molar-refractivity contribution in [2.75, 3.05) is 23.4 Å². The van der Waals surface area contributed by atoms with Crippen LogP contribution in [0.1, 0.15) is 52.0 Å². The van der Waals surface area contributed by atoms with Crippen molar-refractivity contribution in [2.45, 2.75) is 32.6 Å². The maximum atomic E-state index is 13.1. The molecule has 0 aromatic heterocycles. The third-order valence-corrected chi connectivity index (χ3v) is 7.10. The number of carbonyl (C=O) groups excluding carboxylic acids is 4. The highest BCUT2D eigenvalue weighted by Crippen LogP contribution is 2.32. The number of benzene rings is 2. The van der Waals surface area contributed by atoms with Crippen LogP contribution in [0.4, 0.5) is 11.4 Å². The highest BCUT2D eigenvalue weighted by Gasteiger charge is 2.42. The maximum absolute atomic E-state index is 13.1. The molecule has 2 aromatic carbocycles. The zero-order chi connectivity index (χ0) is 24.5. The highest BCUT2D eigenvalue weighted by molar-refractivity contribution is 6.08. The molecule has 2 aliphatic heterocycles. The van der Waals surface area contributed by atoms with Gasteiger partial charge in [0, 0.05) is 29.9 Å². The molecule has 8 nitrogen and oxygen atoms in total.